The maximum Gasteiger partial charge on any atom is 0.348 e. The van der Waals surface area contributed by atoms with Crippen LogP contribution >= 0.6 is 23.2 Å². The number of hydrogen-bond donors (Lipinski definition) is 0. The highest BCUT2D eigenvalue weighted by atomic mass is 35.5. The maximum atomic E-state index is 12.2. The fraction of sp³-hybridized carbons (Fsp3) is 0.391. The summed E-state index contributed by atoms with van der Waals surface area (Å²) in [6, 6.07) is 5.45. The Labute approximate surface area is 227 Å². The van der Waals surface area contributed by atoms with Crippen molar-refractivity contribution in [1.29, 1.82) is 0 Å². The van der Waals surface area contributed by atoms with Gasteiger partial charge < -0.3 is 14.5 Å². The second-order valence-corrected chi connectivity index (χ2v) is 9.28. The van der Waals surface area contributed by atoms with Crippen LogP contribution in [-0.4, -0.2) is 80.6 Å². The van der Waals surface area contributed by atoms with E-state index in [4.69, 9.17) is 27.9 Å². The smallest absolute Gasteiger partial charge is 0.348 e. The van der Waals surface area contributed by atoms with E-state index in [1.165, 1.54) is 7.11 Å². The van der Waals surface area contributed by atoms with E-state index in [1.54, 1.807) is 46.5 Å². The number of nitro groups is 2. The highest BCUT2D eigenvalue weighted by Crippen LogP contribution is 2.24. The zero-order valence-corrected chi connectivity index (χ0v) is 21.9. The summed E-state index contributed by atoms with van der Waals surface area (Å²) < 4.78 is 5.41. The Hall–Kier alpha value is -3.84. The molecular weight excluding hydrogens is 539 g/mol. The van der Waals surface area contributed by atoms with Crippen LogP contribution in [0.3, 0.4) is 0 Å². The van der Waals surface area contributed by atoms with Gasteiger partial charge in [-0.25, -0.2) is 9.97 Å². The molecule has 0 aliphatic carbocycles. The number of aliphatic imine (C=N–C) groups is 2. The van der Waals surface area contributed by atoms with Crippen LogP contribution in [0.5, 0.6) is 0 Å². The number of aromatic nitrogens is 2. The largest absolute Gasteiger partial charge is 0.494 e. The molecule has 0 saturated heterocycles. The van der Waals surface area contributed by atoms with E-state index in [9.17, 15) is 20.2 Å². The van der Waals surface area contributed by atoms with Gasteiger partial charge in [-0.05, 0) is 23.3 Å². The van der Waals surface area contributed by atoms with E-state index in [0.717, 1.165) is 11.1 Å². The van der Waals surface area contributed by atoms with E-state index >= 15 is 0 Å². The quantitative estimate of drug-likeness (QED) is 0.174. The van der Waals surface area contributed by atoms with Gasteiger partial charge in [-0.2, -0.15) is 0 Å². The minimum Gasteiger partial charge on any atom is -0.494 e. The second-order valence-electron chi connectivity index (χ2n) is 8.50. The van der Waals surface area contributed by atoms with Crippen LogP contribution in [0.25, 0.3) is 0 Å². The summed E-state index contributed by atoms with van der Waals surface area (Å²) >= 11 is 11.7. The van der Waals surface area contributed by atoms with Crippen LogP contribution in [0.2, 0.25) is 10.3 Å². The first-order valence-corrected chi connectivity index (χ1v) is 12.4. The number of rotatable bonds is 11. The Bertz CT molecular complexity index is 1280. The van der Waals surface area contributed by atoms with Gasteiger partial charge in [0.05, 0.1) is 31.5 Å². The molecule has 2 aromatic heterocycles. The Balaban J connectivity index is 1.60. The van der Waals surface area contributed by atoms with Crippen LogP contribution in [-0.2, 0) is 17.8 Å². The number of ether oxygens (including phenoxy) is 1. The summed E-state index contributed by atoms with van der Waals surface area (Å²) in [6.07, 6.45) is 2.80. The number of nitrogens with zero attached hydrogens (tertiary/aromatic N) is 8. The molecule has 4 rings (SSSR count). The lowest BCUT2D eigenvalue weighted by Crippen LogP contribution is -2.41. The zero-order valence-electron chi connectivity index (χ0n) is 20.4. The first-order chi connectivity index (χ1) is 18.3. The van der Waals surface area contributed by atoms with Crippen molar-refractivity contribution < 1.29 is 14.6 Å². The molecule has 0 bridgehead atoms. The molecule has 1 atom stereocenters. The molecule has 2 aromatic rings. The molecule has 13 nitrogen and oxygen atoms in total. The number of hydrogen-bond acceptors (Lipinski definition) is 11. The van der Waals surface area contributed by atoms with Gasteiger partial charge in [0.1, 0.15) is 10.3 Å². The zero-order chi connectivity index (χ0) is 27.2. The molecule has 1 unspecified atom stereocenters. The van der Waals surface area contributed by atoms with Crippen LogP contribution in [0, 0.1) is 20.2 Å². The van der Waals surface area contributed by atoms with E-state index in [0.29, 0.717) is 49.6 Å². The predicted molar refractivity (Wildman–Crippen MR) is 140 cm³/mol. The van der Waals surface area contributed by atoms with Crippen LogP contribution in [0.4, 0.5) is 0 Å². The van der Waals surface area contributed by atoms with Crippen molar-refractivity contribution in [2.24, 2.45) is 9.98 Å². The number of amidine groups is 2. The molecule has 0 spiro atoms. The Morgan fingerprint density at radius 2 is 1.55 bits per heavy atom. The van der Waals surface area contributed by atoms with Gasteiger partial charge in [-0.3, -0.25) is 30.2 Å². The van der Waals surface area contributed by atoms with Crippen molar-refractivity contribution in [3.05, 3.63) is 89.8 Å². The molecule has 0 amide bonds. The lowest BCUT2D eigenvalue weighted by atomic mass is 10.1. The average molecular weight is 563 g/mol. The number of pyridine rings is 2. The third-order valence-corrected chi connectivity index (χ3v) is 6.51. The molecular formula is C23H24Cl2N8O5. The molecule has 0 saturated carbocycles. The summed E-state index contributed by atoms with van der Waals surface area (Å²) in [5, 5.41) is 25.1. The van der Waals surface area contributed by atoms with Gasteiger partial charge in [0.15, 0.2) is 11.6 Å². The van der Waals surface area contributed by atoms with Crippen LogP contribution in [0.1, 0.15) is 17.5 Å². The summed E-state index contributed by atoms with van der Waals surface area (Å²) in [5.74, 6) is 0.167. The Morgan fingerprint density at radius 3 is 2.08 bits per heavy atom. The minimum absolute atomic E-state index is 0.0985. The van der Waals surface area contributed by atoms with Crippen molar-refractivity contribution in [1.82, 2.24) is 19.8 Å². The predicted octanol–water partition coefficient (Wildman–Crippen LogP) is 3.08. The third-order valence-electron chi connectivity index (χ3n) is 6.06. The van der Waals surface area contributed by atoms with Gasteiger partial charge in [-0.1, -0.05) is 35.3 Å². The van der Waals surface area contributed by atoms with Crippen molar-refractivity contribution >= 4 is 34.9 Å². The highest BCUT2D eigenvalue weighted by molar-refractivity contribution is 6.29. The van der Waals surface area contributed by atoms with E-state index in [-0.39, 0.29) is 23.9 Å². The molecule has 38 heavy (non-hydrogen) atoms. The highest BCUT2D eigenvalue weighted by Gasteiger charge is 2.40. The second kappa shape index (κ2) is 12.1. The molecule has 4 heterocycles. The molecule has 0 aromatic carbocycles. The fourth-order valence-electron chi connectivity index (χ4n) is 4.30. The Morgan fingerprint density at radius 1 is 0.974 bits per heavy atom. The van der Waals surface area contributed by atoms with E-state index in [2.05, 4.69) is 20.0 Å². The molecule has 200 valence electrons. The van der Waals surface area contributed by atoms with Crippen LogP contribution < -0.4 is 0 Å². The molecule has 2 aliphatic rings. The van der Waals surface area contributed by atoms with Crippen molar-refractivity contribution in [3.63, 3.8) is 0 Å². The normalized spacial score (nSPS) is 16.6. The lowest BCUT2D eigenvalue weighted by Gasteiger charge is -2.23. The third kappa shape index (κ3) is 6.34. The number of halogens is 2. The minimum atomic E-state index is -1.36. The van der Waals surface area contributed by atoms with Gasteiger partial charge in [0, 0.05) is 43.5 Å². The molecule has 0 radical (unpaired) electrons. The topological polar surface area (TPSA) is 152 Å². The van der Waals surface area contributed by atoms with Crippen LogP contribution in [0.15, 0.2) is 58.1 Å². The average Bonchev–Trinajstić information content (AvgIpc) is 3.53. The summed E-state index contributed by atoms with van der Waals surface area (Å²) in [6.45, 7) is 2.22. The summed E-state index contributed by atoms with van der Waals surface area (Å²) in [7, 11) is 1.26. The fourth-order valence-corrected chi connectivity index (χ4v) is 4.52. The van der Waals surface area contributed by atoms with Crippen molar-refractivity contribution in [2.45, 2.75) is 25.6 Å². The molecule has 2 aliphatic heterocycles. The molecule has 15 heteroatoms. The number of methoxy groups -OCH3 is 1. The van der Waals surface area contributed by atoms with Gasteiger partial charge in [-0.15, -0.1) is 0 Å². The SMILES string of the molecule is CO/C(CC(C1=NCCN1Cc1ccc(Cl)nc1)[N+](=O)[O-])=C(/C1=NCCN1Cc1ccc(Cl)nc1)[N+](=O)[O-]. The van der Waals surface area contributed by atoms with Crippen molar-refractivity contribution in [2.75, 3.05) is 33.3 Å². The Kier molecular flexibility index (Phi) is 8.69. The molecule has 0 N–H and O–H groups in total. The lowest BCUT2D eigenvalue weighted by molar-refractivity contribution is -0.504. The summed E-state index contributed by atoms with van der Waals surface area (Å²) in [4.78, 5) is 43.6. The first kappa shape index (κ1) is 27.2. The van der Waals surface area contributed by atoms with E-state index < -0.39 is 21.6 Å². The van der Waals surface area contributed by atoms with E-state index in [1.807, 2.05) is 0 Å². The van der Waals surface area contributed by atoms with Crippen molar-refractivity contribution in [3.8, 4) is 0 Å². The first-order valence-electron chi connectivity index (χ1n) is 11.6. The molecule has 0 fully saturated rings. The standard InChI is InChI=1S/C23H24Cl2N8O5/c1-38-18(21(33(36)37)23-27-7-9-31(23)14-16-3-5-20(25)29-12-16)10-17(32(34)35)22-26-6-8-30(22)13-15-2-4-19(24)28-11-15/h2-5,11-12,17H,6-10,13-14H2,1H3/b21-18-. The van der Waals surface area contributed by atoms with Gasteiger partial charge in [0.25, 0.3) is 6.04 Å². The van der Waals surface area contributed by atoms with Gasteiger partial charge in [0.2, 0.25) is 5.84 Å². The van der Waals surface area contributed by atoms with Gasteiger partial charge >= 0.3 is 5.70 Å². The summed E-state index contributed by atoms with van der Waals surface area (Å²) in [5.41, 5.74) is 1.17. The monoisotopic (exact) mass is 562 g/mol. The maximum absolute atomic E-state index is 12.2.